The Kier molecular flexibility index (Phi) is 6.08. The lowest BCUT2D eigenvalue weighted by atomic mass is 10.1. The van der Waals surface area contributed by atoms with Gasteiger partial charge in [0.15, 0.2) is 11.6 Å². The molecule has 0 aliphatic heterocycles. The Morgan fingerprint density at radius 3 is 2.87 bits per heavy atom. The normalized spacial score (nSPS) is 13.7. The van der Waals surface area contributed by atoms with Gasteiger partial charge in [0.1, 0.15) is 5.76 Å². The molecule has 0 radical (unpaired) electrons. The summed E-state index contributed by atoms with van der Waals surface area (Å²) < 4.78 is 6.14. The van der Waals surface area contributed by atoms with E-state index in [9.17, 15) is 0 Å². The molecule has 0 saturated heterocycles. The zero-order valence-corrected chi connectivity index (χ0v) is 18.0. The molecule has 0 bridgehead atoms. The molecule has 154 valence electrons. The third-order valence-electron chi connectivity index (χ3n) is 4.68. The van der Waals surface area contributed by atoms with E-state index in [-0.39, 0.29) is 0 Å². The van der Waals surface area contributed by atoms with Crippen LogP contribution < -0.4 is 10.6 Å². The van der Waals surface area contributed by atoms with Crippen molar-refractivity contribution >= 4 is 39.2 Å². The van der Waals surface area contributed by atoms with E-state index in [2.05, 4.69) is 46.7 Å². The van der Waals surface area contributed by atoms with Gasteiger partial charge in [-0.3, -0.25) is 5.10 Å². The lowest BCUT2D eigenvalue weighted by molar-refractivity contribution is 0.290. The predicted molar refractivity (Wildman–Crippen MR) is 120 cm³/mol. The van der Waals surface area contributed by atoms with Crippen molar-refractivity contribution in [2.24, 2.45) is 0 Å². The Bertz CT molecular complexity index is 1060. The molecule has 1 aliphatic rings. The van der Waals surface area contributed by atoms with Crippen LogP contribution >= 0.6 is 15.9 Å². The summed E-state index contributed by atoms with van der Waals surface area (Å²) in [4.78, 5) is 8.80. The molecule has 4 rings (SSSR count). The van der Waals surface area contributed by atoms with Gasteiger partial charge in [-0.05, 0) is 34.3 Å². The monoisotopic (exact) mass is 467 g/mol. The average Bonchev–Trinajstić information content (AvgIpc) is 3.52. The molecular weight excluding hydrogens is 446 g/mol. The molecule has 0 amide bonds. The number of nitrogens with zero attached hydrogens (tertiary/aromatic N) is 3. The van der Waals surface area contributed by atoms with Crippen LogP contribution in [0.5, 0.6) is 0 Å². The Morgan fingerprint density at radius 2 is 2.13 bits per heavy atom. The number of allylic oxidation sites excluding steroid dienone is 1. The van der Waals surface area contributed by atoms with Crippen molar-refractivity contribution in [3.05, 3.63) is 70.2 Å². The molecule has 0 unspecified atom stereocenters. The number of H-pyrrole nitrogens is 1. The van der Waals surface area contributed by atoms with Crippen LogP contribution in [0.2, 0.25) is 0 Å². The Morgan fingerprint density at radius 1 is 1.33 bits per heavy atom. The lowest BCUT2D eigenvalue weighted by Crippen LogP contribution is -2.11. The summed E-state index contributed by atoms with van der Waals surface area (Å²) in [6.07, 6.45) is 5.78. The fourth-order valence-corrected chi connectivity index (χ4v) is 3.17. The van der Waals surface area contributed by atoms with Crippen molar-refractivity contribution in [1.29, 1.82) is 5.41 Å². The minimum Gasteiger partial charge on any atom is -0.499 e. The zero-order chi connectivity index (χ0) is 20.9. The van der Waals surface area contributed by atoms with Crippen molar-refractivity contribution in [2.75, 3.05) is 24.3 Å². The van der Waals surface area contributed by atoms with Crippen molar-refractivity contribution in [2.45, 2.75) is 18.8 Å². The second-order valence-electron chi connectivity index (χ2n) is 6.95. The first-order valence-electron chi connectivity index (χ1n) is 9.59. The number of anilines is 3. The van der Waals surface area contributed by atoms with E-state index < -0.39 is 0 Å². The molecule has 0 spiro atoms. The van der Waals surface area contributed by atoms with E-state index in [1.54, 1.807) is 19.4 Å². The van der Waals surface area contributed by atoms with Gasteiger partial charge in [-0.15, -0.1) is 0 Å². The zero-order valence-electron chi connectivity index (χ0n) is 16.4. The number of nitrogens with one attached hydrogen (secondary N) is 4. The van der Waals surface area contributed by atoms with Gasteiger partial charge in [0.25, 0.3) is 0 Å². The van der Waals surface area contributed by atoms with Crippen LogP contribution in [0.25, 0.3) is 0 Å². The Hall–Kier alpha value is -3.20. The highest BCUT2D eigenvalue weighted by Gasteiger charge is 2.25. The maximum absolute atomic E-state index is 8.23. The molecular formula is C21H22BrN7O. The second kappa shape index (κ2) is 9.08. The number of hydrogen-bond acceptors (Lipinski definition) is 7. The molecule has 4 N–H and O–H groups in total. The molecule has 3 aromatic rings. The van der Waals surface area contributed by atoms with E-state index in [4.69, 9.17) is 10.1 Å². The molecule has 0 atom stereocenters. The minimum absolute atomic E-state index is 0.348. The van der Waals surface area contributed by atoms with Gasteiger partial charge in [0.05, 0.1) is 23.8 Å². The largest absolute Gasteiger partial charge is 0.499 e. The van der Waals surface area contributed by atoms with E-state index >= 15 is 0 Å². The van der Waals surface area contributed by atoms with Crippen LogP contribution in [0.1, 0.15) is 30.0 Å². The van der Waals surface area contributed by atoms with E-state index in [1.807, 2.05) is 36.4 Å². The number of aromatic nitrogens is 4. The van der Waals surface area contributed by atoms with Crippen molar-refractivity contribution in [3.63, 3.8) is 0 Å². The summed E-state index contributed by atoms with van der Waals surface area (Å²) in [6, 6.07) is 11.5. The Balaban J connectivity index is 1.41. The van der Waals surface area contributed by atoms with Gasteiger partial charge in [-0.25, -0.2) is 4.98 Å². The summed E-state index contributed by atoms with van der Waals surface area (Å²) in [5.74, 6) is 2.98. The van der Waals surface area contributed by atoms with E-state index in [0.29, 0.717) is 35.7 Å². The van der Waals surface area contributed by atoms with Crippen LogP contribution in [0.15, 0.2) is 58.9 Å². The highest BCUT2D eigenvalue weighted by atomic mass is 79.9. The lowest BCUT2D eigenvalue weighted by Gasteiger charge is -2.11. The van der Waals surface area contributed by atoms with Gasteiger partial charge in [-0.1, -0.05) is 30.3 Å². The number of halogens is 1. The maximum atomic E-state index is 8.23. The van der Waals surface area contributed by atoms with Crippen LogP contribution in [-0.4, -0.2) is 39.5 Å². The first kappa shape index (κ1) is 20.1. The summed E-state index contributed by atoms with van der Waals surface area (Å²) in [7, 11) is 1.58. The van der Waals surface area contributed by atoms with E-state index in [1.165, 1.54) is 12.8 Å². The highest BCUT2D eigenvalue weighted by molar-refractivity contribution is 9.10. The number of methoxy groups -OCH3 is 1. The van der Waals surface area contributed by atoms with Crippen LogP contribution in [0, 0.1) is 5.41 Å². The molecule has 2 aromatic heterocycles. The molecule has 9 heteroatoms. The quantitative estimate of drug-likeness (QED) is 0.270. The molecule has 1 saturated carbocycles. The number of aromatic amines is 1. The number of benzene rings is 1. The second-order valence-corrected chi connectivity index (χ2v) is 7.80. The smallest absolute Gasteiger partial charge is 0.225 e. The minimum atomic E-state index is 0.348. The molecule has 1 aromatic carbocycles. The van der Waals surface area contributed by atoms with Gasteiger partial charge >= 0.3 is 0 Å². The first-order valence-corrected chi connectivity index (χ1v) is 10.4. The van der Waals surface area contributed by atoms with Gasteiger partial charge < -0.3 is 20.8 Å². The third kappa shape index (κ3) is 5.04. The van der Waals surface area contributed by atoms with Crippen molar-refractivity contribution in [3.8, 4) is 0 Å². The average molecular weight is 468 g/mol. The standard InChI is InChI=1S/C21H22BrN7O/c1-30-15(9-17(23)13-5-3-2-4-6-13)11-24-21-25-12-16(22)20(27-21)26-19-10-18(28-29-19)14-7-8-14/h2-6,9-10,12,14,23H,7-8,11H2,1H3,(H3,24,25,26,27,28,29)/b15-9-,23-17?. The summed E-state index contributed by atoms with van der Waals surface area (Å²) in [5, 5.41) is 21.9. The predicted octanol–water partition coefficient (Wildman–Crippen LogP) is 4.59. The molecule has 8 nitrogen and oxygen atoms in total. The third-order valence-corrected chi connectivity index (χ3v) is 5.26. The molecule has 2 heterocycles. The van der Waals surface area contributed by atoms with Gasteiger partial charge in [0.2, 0.25) is 5.95 Å². The summed E-state index contributed by atoms with van der Waals surface area (Å²) >= 11 is 3.47. The number of hydrogen-bond donors (Lipinski definition) is 4. The van der Waals surface area contributed by atoms with Crippen LogP contribution in [0.4, 0.5) is 17.6 Å². The molecule has 1 fully saturated rings. The molecule has 30 heavy (non-hydrogen) atoms. The Labute approximate surface area is 182 Å². The van der Waals surface area contributed by atoms with Crippen LogP contribution in [-0.2, 0) is 4.74 Å². The summed E-state index contributed by atoms with van der Waals surface area (Å²) in [5.41, 5.74) is 2.35. The van der Waals surface area contributed by atoms with E-state index in [0.717, 1.165) is 21.5 Å². The van der Waals surface area contributed by atoms with Crippen molar-refractivity contribution in [1.82, 2.24) is 20.2 Å². The molecule has 1 aliphatic carbocycles. The van der Waals surface area contributed by atoms with Crippen molar-refractivity contribution < 1.29 is 4.74 Å². The SMILES string of the molecule is CO/C(=C\C(=N)c1ccccc1)CNc1ncc(Br)c(Nc2cc(C3CC3)[nH]n2)n1. The van der Waals surface area contributed by atoms with Gasteiger partial charge in [-0.2, -0.15) is 10.1 Å². The number of ether oxygens (including phenoxy) is 1. The maximum Gasteiger partial charge on any atom is 0.225 e. The summed E-state index contributed by atoms with van der Waals surface area (Å²) in [6.45, 7) is 0.348. The fourth-order valence-electron chi connectivity index (χ4n) is 2.88. The highest BCUT2D eigenvalue weighted by Crippen LogP contribution is 2.39. The van der Waals surface area contributed by atoms with Crippen LogP contribution in [0.3, 0.4) is 0 Å². The fraction of sp³-hybridized carbons (Fsp3) is 0.238. The topological polar surface area (TPSA) is 112 Å². The van der Waals surface area contributed by atoms with Gasteiger partial charge in [0, 0.05) is 30.0 Å². The number of rotatable bonds is 9. The first-order chi connectivity index (χ1) is 14.6.